The van der Waals surface area contributed by atoms with E-state index in [-0.39, 0.29) is 35.4 Å². The molecule has 2 aromatic rings. The minimum atomic E-state index is -3.69. The largest absolute Gasteiger partial charge is 0.379 e. The third kappa shape index (κ3) is 6.60. The van der Waals surface area contributed by atoms with Gasteiger partial charge in [0.05, 0.1) is 30.7 Å². The zero-order valence-corrected chi connectivity index (χ0v) is 20.0. The van der Waals surface area contributed by atoms with Crippen LogP contribution in [0.3, 0.4) is 0 Å². The lowest BCUT2D eigenvalue weighted by Crippen LogP contribution is -2.45. The van der Waals surface area contributed by atoms with E-state index in [0.29, 0.717) is 26.3 Å². The fourth-order valence-electron chi connectivity index (χ4n) is 3.58. The van der Waals surface area contributed by atoms with Gasteiger partial charge < -0.3 is 15.4 Å². The fraction of sp³-hybridized carbons (Fsp3) is 0.391. The lowest BCUT2D eigenvalue weighted by atomic mass is 10.0. The molecule has 1 heterocycles. The van der Waals surface area contributed by atoms with Crippen molar-refractivity contribution in [1.29, 1.82) is 0 Å². The molecule has 0 bridgehead atoms. The highest BCUT2D eigenvalue weighted by Crippen LogP contribution is 2.21. The predicted molar refractivity (Wildman–Crippen MR) is 124 cm³/mol. The molecule has 1 unspecified atom stereocenters. The van der Waals surface area contributed by atoms with Crippen molar-refractivity contribution in [3.8, 4) is 0 Å². The van der Waals surface area contributed by atoms with Crippen LogP contribution in [0.25, 0.3) is 0 Å². The summed E-state index contributed by atoms with van der Waals surface area (Å²) >= 11 is 0. The summed E-state index contributed by atoms with van der Waals surface area (Å²) in [5, 5.41) is 5.33. The molecule has 0 aromatic heterocycles. The van der Waals surface area contributed by atoms with Crippen LogP contribution in [-0.2, 0) is 19.6 Å². The first-order chi connectivity index (χ1) is 16.2. The second kappa shape index (κ2) is 11.5. The molecule has 1 saturated heterocycles. The first-order valence-electron chi connectivity index (χ1n) is 10.8. The molecule has 0 radical (unpaired) electrons. The highest BCUT2D eigenvalue weighted by molar-refractivity contribution is 7.89. The number of carbonyl (C=O) groups is 2. The molecule has 34 heavy (non-hydrogen) atoms. The van der Waals surface area contributed by atoms with E-state index in [2.05, 4.69) is 15.5 Å². The van der Waals surface area contributed by atoms with Gasteiger partial charge in [-0.15, -0.1) is 0 Å². The quantitative estimate of drug-likeness (QED) is 0.541. The molecule has 1 aliphatic heterocycles. The SMILES string of the molecule is CN(C)S(=O)(=O)c1cccc(C(=O)NCC(=O)NCC(c2ccc(F)cc2)N2CCOCC2)c1. The van der Waals surface area contributed by atoms with Crippen molar-refractivity contribution in [3.05, 3.63) is 65.5 Å². The van der Waals surface area contributed by atoms with Crippen molar-refractivity contribution < 1.29 is 27.1 Å². The number of hydrogen-bond acceptors (Lipinski definition) is 6. The van der Waals surface area contributed by atoms with Crippen molar-refractivity contribution >= 4 is 21.8 Å². The highest BCUT2D eigenvalue weighted by Gasteiger charge is 2.24. The Labute approximate surface area is 198 Å². The summed E-state index contributed by atoms with van der Waals surface area (Å²) < 4.78 is 44.4. The van der Waals surface area contributed by atoms with E-state index in [0.717, 1.165) is 9.87 Å². The molecule has 184 valence electrons. The average Bonchev–Trinajstić information content (AvgIpc) is 2.84. The number of halogens is 1. The number of carbonyl (C=O) groups excluding carboxylic acids is 2. The van der Waals surface area contributed by atoms with Gasteiger partial charge in [0.15, 0.2) is 0 Å². The maximum atomic E-state index is 13.4. The molecule has 9 nitrogen and oxygen atoms in total. The molecular weight excluding hydrogens is 463 g/mol. The Hall–Kier alpha value is -2.86. The predicted octanol–water partition coefficient (Wildman–Crippen LogP) is 0.996. The van der Waals surface area contributed by atoms with E-state index in [4.69, 9.17) is 4.74 Å². The van der Waals surface area contributed by atoms with Crippen molar-refractivity contribution in [2.24, 2.45) is 0 Å². The van der Waals surface area contributed by atoms with Gasteiger partial charge in [0.1, 0.15) is 5.82 Å². The maximum Gasteiger partial charge on any atom is 0.251 e. The summed E-state index contributed by atoms with van der Waals surface area (Å²) in [6.45, 7) is 2.51. The topological polar surface area (TPSA) is 108 Å². The third-order valence-electron chi connectivity index (χ3n) is 5.52. The Morgan fingerprint density at radius 2 is 1.76 bits per heavy atom. The molecule has 0 aliphatic carbocycles. The van der Waals surface area contributed by atoms with Crippen LogP contribution in [0.5, 0.6) is 0 Å². The monoisotopic (exact) mass is 492 g/mol. The van der Waals surface area contributed by atoms with Gasteiger partial charge in [-0.05, 0) is 35.9 Å². The Morgan fingerprint density at radius 3 is 2.41 bits per heavy atom. The number of nitrogens with zero attached hydrogens (tertiary/aromatic N) is 2. The zero-order chi connectivity index (χ0) is 24.7. The number of rotatable bonds is 9. The molecule has 11 heteroatoms. The van der Waals surface area contributed by atoms with Gasteiger partial charge in [-0.25, -0.2) is 17.1 Å². The summed E-state index contributed by atoms with van der Waals surface area (Å²) in [4.78, 5) is 27.1. The smallest absolute Gasteiger partial charge is 0.251 e. The van der Waals surface area contributed by atoms with Crippen LogP contribution in [0.4, 0.5) is 4.39 Å². The van der Waals surface area contributed by atoms with Crippen LogP contribution in [0.2, 0.25) is 0 Å². The number of morpholine rings is 1. The second-order valence-corrected chi connectivity index (χ2v) is 10.2. The molecule has 1 atom stereocenters. The maximum absolute atomic E-state index is 13.4. The van der Waals surface area contributed by atoms with Gasteiger partial charge >= 0.3 is 0 Å². The molecule has 1 aliphatic rings. The van der Waals surface area contributed by atoms with Gasteiger partial charge in [-0.3, -0.25) is 14.5 Å². The van der Waals surface area contributed by atoms with E-state index < -0.39 is 21.8 Å². The molecule has 0 spiro atoms. The summed E-state index contributed by atoms with van der Waals surface area (Å²) in [7, 11) is -0.875. The molecule has 0 saturated carbocycles. The number of sulfonamides is 1. The van der Waals surface area contributed by atoms with E-state index in [1.54, 1.807) is 12.1 Å². The van der Waals surface area contributed by atoms with Gasteiger partial charge in [0.25, 0.3) is 5.91 Å². The lowest BCUT2D eigenvalue weighted by molar-refractivity contribution is -0.120. The average molecular weight is 493 g/mol. The Kier molecular flexibility index (Phi) is 8.72. The van der Waals surface area contributed by atoms with Crippen molar-refractivity contribution in [1.82, 2.24) is 19.8 Å². The molecule has 2 aromatic carbocycles. The van der Waals surface area contributed by atoms with Gasteiger partial charge in [-0.2, -0.15) is 0 Å². The van der Waals surface area contributed by atoms with Crippen molar-refractivity contribution in [2.75, 3.05) is 53.5 Å². The van der Waals surface area contributed by atoms with Crippen LogP contribution in [0.1, 0.15) is 22.0 Å². The first-order valence-corrected chi connectivity index (χ1v) is 12.3. The molecule has 2 N–H and O–H groups in total. The van der Waals surface area contributed by atoms with E-state index >= 15 is 0 Å². The molecule has 1 fully saturated rings. The number of nitrogens with one attached hydrogen (secondary N) is 2. The van der Waals surface area contributed by atoms with Crippen LogP contribution in [0, 0.1) is 5.82 Å². The minimum Gasteiger partial charge on any atom is -0.379 e. The van der Waals surface area contributed by atoms with E-state index in [9.17, 15) is 22.4 Å². The number of amides is 2. The number of ether oxygens (including phenoxy) is 1. The van der Waals surface area contributed by atoms with Gasteiger partial charge in [0, 0.05) is 39.3 Å². The van der Waals surface area contributed by atoms with Gasteiger partial charge in [-0.1, -0.05) is 18.2 Å². The number of hydrogen-bond donors (Lipinski definition) is 2. The summed E-state index contributed by atoms with van der Waals surface area (Å²) in [6.07, 6.45) is 0. The Balaban J connectivity index is 1.59. The minimum absolute atomic E-state index is 0.0118. The molecule has 2 amide bonds. The van der Waals surface area contributed by atoms with Gasteiger partial charge in [0.2, 0.25) is 15.9 Å². The van der Waals surface area contributed by atoms with Crippen LogP contribution in [0.15, 0.2) is 53.4 Å². The summed E-state index contributed by atoms with van der Waals surface area (Å²) in [6, 6.07) is 11.6. The summed E-state index contributed by atoms with van der Waals surface area (Å²) in [5.74, 6) is -1.29. The van der Waals surface area contributed by atoms with Crippen molar-refractivity contribution in [2.45, 2.75) is 10.9 Å². The zero-order valence-electron chi connectivity index (χ0n) is 19.2. The molecular formula is C23H29FN4O5S. The summed E-state index contributed by atoms with van der Waals surface area (Å²) in [5.41, 5.74) is 1.000. The van der Waals surface area contributed by atoms with Crippen LogP contribution < -0.4 is 10.6 Å². The van der Waals surface area contributed by atoms with Crippen LogP contribution in [-0.4, -0.2) is 82.9 Å². The Morgan fingerprint density at radius 1 is 1.09 bits per heavy atom. The van der Waals surface area contributed by atoms with E-state index in [1.807, 2.05) is 0 Å². The number of benzene rings is 2. The second-order valence-electron chi connectivity index (χ2n) is 8.02. The standard InChI is InChI=1S/C23H29FN4O5S/c1-27(2)34(31,32)20-5-3-4-18(14-20)23(30)26-16-22(29)25-15-21(28-10-12-33-13-11-28)17-6-8-19(24)9-7-17/h3-9,14,21H,10-13,15-16H2,1-2H3,(H,25,29)(H,26,30). The third-order valence-corrected chi connectivity index (χ3v) is 7.33. The fourth-order valence-corrected chi connectivity index (χ4v) is 4.52. The van der Waals surface area contributed by atoms with E-state index in [1.165, 1.54) is 50.5 Å². The van der Waals surface area contributed by atoms with Crippen LogP contribution >= 0.6 is 0 Å². The lowest BCUT2D eigenvalue weighted by Gasteiger charge is -2.35. The molecule has 3 rings (SSSR count). The Bertz CT molecular complexity index is 1100. The normalized spacial score (nSPS) is 15.6. The first kappa shape index (κ1) is 25.8. The van der Waals surface area contributed by atoms with Crippen molar-refractivity contribution in [3.63, 3.8) is 0 Å². The highest BCUT2D eigenvalue weighted by atomic mass is 32.2.